The summed E-state index contributed by atoms with van der Waals surface area (Å²) in [6.07, 6.45) is 3.09. The Balaban J connectivity index is 1.54. The van der Waals surface area contributed by atoms with Gasteiger partial charge in [-0.05, 0) is 36.4 Å². The van der Waals surface area contributed by atoms with Gasteiger partial charge in [0.05, 0.1) is 18.3 Å². The first-order valence-electron chi connectivity index (χ1n) is 8.61. The van der Waals surface area contributed by atoms with Crippen molar-refractivity contribution in [1.82, 2.24) is 15.0 Å². The summed E-state index contributed by atoms with van der Waals surface area (Å²) in [7, 11) is 1.59. The van der Waals surface area contributed by atoms with Crippen molar-refractivity contribution in [3.8, 4) is 5.75 Å². The number of rotatable bonds is 5. The van der Waals surface area contributed by atoms with E-state index in [1.54, 1.807) is 43.6 Å². The highest BCUT2D eigenvalue weighted by atomic mass is 16.5. The Morgan fingerprint density at radius 2 is 1.79 bits per heavy atom. The number of anilines is 3. The van der Waals surface area contributed by atoms with Gasteiger partial charge in [0.15, 0.2) is 0 Å². The van der Waals surface area contributed by atoms with Crippen LogP contribution in [0.5, 0.6) is 5.75 Å². The quantitative estimate of drug-likeness (QED) is 0.551. The number of carbonyl (C=O) groups is 1. The van der Waals surface area contributed by atoms with E-state index >= 15 is 0 Å². The molecule has 2 N–H and O–H groups in total. The van der Waals surface area contributed by atoms with Crippen molar-refractivity contribution in [3.05, 3.63) is 78.9 Å². The third kappa shape index (κ3) is 3.73. The topological polar surface area (TPSA) is 89.0 Å². The minimum absolute atomic E-state index is 0.251. The minimum atomic E-state index is -0.327. The number of para-hydroxylation sites is 1. The molecular formula is C21H17N5O2. The molecule has 0 spiro atoms. The van der Waals surface area contributed by atoms with Crippen molar-refractivity contribution in [3.63, 3.8) is 0 Å². The number of benzene rings is 2. The van der Waals surface area contributed by atoms with E-state index in [1.165, 1.54) is 6.33 Å². The largest absolute Gasteiger partial charge is 0.497 e. The first kappa shape index (κ1) is 17.4. The molecule has 0 aliphatic carbocycles. The van der Waals surface area contributed by atoms with E-state index < -0.39 is 0 Å². The molecule has 2 aromatic heterocycles. The smallest absolute Gasteiger partial charge is 0.274 e. The lowest BCUT2D eigenvalue weighted by atomic mass is 10.2. The first-order valence-corrected chi connectivity index (χ1v) is 8.61. The Labute approximate surface area is 161 Å². The van der Waals surface area contributed by atoms with E-state index in [-0.39, 0.29) is 11.6 Å². The maximum Gasteiger partial charge on any atom is 0.274 e. The number of methoxy groups -OCH3 is 1. The Bertz CT molecular complexity index is 1120. The van der Waals surface area contributed by atoms with Gasteiger partial charge in [0.1, 0.15) is 23.6 Å². The highest BCUT2D eigenvalue weighted by Gasteiger charge is 2.10. The van der Waals surface area contributed by atoms with Crippen molar-refractivity contribution in [2.24, 2.45) is 0 Å². The molecular weight excluding hydrogens is 354 g/mol. The second kappa shape index (κ2) is 7.71. The number of hydrogen-bond acceptors (Lipinski definition) is 6. The summed E-state index contributed by atoms with van der Waals surface area (Å²) >= 11 is 0. The van der Waals surface area contributed by atoms with Crippen molar-refractivity contribution in [2.45, 2.75) is 0 Å². The van der Waals surface area contributed by atoms with Crippen LogP contribution in [0.1, 0.15) is 10.5 Å². The van der Waals surface area contributed by atoms with Gasteiger partial charge in [0, 0.05) is 23.3 Å². The molecule has 0 fully saturated rings. The molecule has 1 amide bonds. The lowest BCUT2D eigenvalue weighted by Gasteiger charge is -2.09. The molecule has 28 heavy (non-hydrogen) atoms. The van der Waals surface area contributed by atoms with Crippen LogP contribution >= 0.6 is 0 Å². The minimum Gasteiger partial charge on any atom is -0.497 e. The molecule has 0 unspecified atom stereocenters. The van der Waals surface area contributed by atoms with E-state index in [2.05, 4.69) is 25.6 Å². The van der Waals surface area contributed by atoms with E-state index in [9.17, 15) is 4.79 Å². The molecule has 0 aliphatic heterocycles. The van der Waals surface area contributed by atoms with Crippen LogP contribution in [0, 0.1) is 0 Å². The highest BCUT2D eigenvalue weighted by Crippen LogP contribution is 2.24. The van der Waals surface area contributed by atoms with Crippen LogP contribution in [0.15, 0.2) is 73.2 Å². The molecule has 4 rings (SSSR count). The highest BCUT2D eigenvalue weighted by molar-refractivity contribution is 6.03. The summed E-state index contributed by atoms with van der Waals surface area (Å²) in [4.78, 5) is 25.2. The third-order valence-corrected chi connectivity index (χ3v) is 4.14. The van der Waals surface area contributed by atoms with Gasteiger partial charge in [-0.25, -0.2) is 9.97 Å². The number of nitrogens with zero attached hydrogens (tertiary/aromatic N) is 3. The van der Waals surface area contributed by atoms with Gasteiger partial charge in [0.2, 0.25) is 0 Å². The fourth-order valence-corrected chi connectivity index (χ4v) is 2.76. The number of hydrogen-bond donors (Lipinski definition) is 2. The molecule has 0 radical (unpaired) electrons. The predicted octanol–water partition coefficient (Wildman–Crippen LogP) is 4.03. The summed E-state index contributed by atoms with van der Waals surface area (Å²) in [6.45, 7) is 0. The fourth-order valence-electron chi connectivity index (χ4n) is 2.76. The lowest BCUT2D eigenvalue weighted by Crippen LogP contribution is -2.14. The lowest BCUT2D eigenvalue weighted by molar-refractivity contribution is 0.102. The van der Waals surface area contributed by atoms with Gasteiger partial charge < -0.3 is 15.4 Å². The Kier molecular flexibility index (Phi) is 4.79. The number of aromatic nitrogens is 3. The Morgan fingerprint density at radius 1 is 0.964 bits per heavy atom. The summed E-state index contributed by atoms with van der Waals surface area (Å²) in [5, 5.41) is 7.03. The predicted molar refractivity (Wildman–Crippen MR) is 108 cm³/mol. The SMILES string of the molecule is COc1ccc(NC(=O)c2cc(Nc3cccc4cccnc34)ncn2)cc1. The van der Waals surface area contributed by atoms with Gasteiger partial charge >= 0.3 is 0 Å². The second-order valence-corrected chi connectivity index (χ2v) is 5.98. The number of carbonyl (C=O) groups excluding carboxylic acids is 1. The Hall–Kier alpha value is -4.00. The summed E-state index contributed by atoms with van der Waals surface area (Å²) in [6, 6.07) is 18.4. The first-order chi connectivity index (χ1) is 13.7. The number of fused-ring (bicyclic) bond motifs is 1. The molecule has 2 heterocycles. The normalized spacial score (nSPS) is 10.5. The third-order valence-electron chi connectivity index (χ3n) is 4.14. The van der Waals surface area contributed by atoms with Crippen molar-refractivity contribution in [2.75, 3.05) is 17.7 Å². The van der Waals surface area contributed by atoms with E-state index in [0.717, 1.165) is 22.3 Å². The van der Waals surface area contributed by atoms with Crippen molar-refractivity contribution < 1.29 is 9.53 Å². The number of amides is 1. The average molecular weight is 371 g/mol. The molecule has 0 saturated heterocycles. The monoisotopic (exact) mass is 371 g/mol. The molecule has 138 valence electrons. The molecule has 0 bridgehead atoms. The van der Waals surface area contributed by atoms with E-state index in [4.69, 9.17) is 4.74 Å². The van der Waals surface area contributed by atoms with Crippen LogP contribution in [0.2, 0.25) is 0 Å². The molecule has 7 heteroatoms. The van der Waals surface area contributed by atoms with Gasteiger partial charge in [-0.15, -0.1) is 0 Å². The van der Waals surface area contributed by atoms with Crippen LogP contribution < -0.4 is 15.4 Å². The summed E-state index contributed by atoms with van der Waals surface area (Å²) < 4.78 is 5.11. The van der Waals surface area contributed by atoms with Crippen molar-refractivity contribution in [1.29, 1.82) is 0 Å². The van der Waals surface area contributed by atoms with Crippen LogP contribution in [0.25, 0.3) is 10.9 Å². The van der Waals surface area contributed by atoms with Crippen molar-refractivity contribution >= 4 is 34.0 Å². The zero-order valence-corrected chi connectivity index (χ0v) is 15.1. The fraction of sp³-hybridized carbons (Fsp3) is 0.0476. The van der Waals surface area contributed by atoms with Gasteiger partial charge in [-0.2, -0.15) is 0 Å². The van der Waals surface area contributed by atoms with Gasteiger partial charge in [-0.1, -0.05) is 18.2 Å². The summed E-state index contributed by atoms with van der Waals surface area (Å²) in [5.41, 5.74) is 2.53. The van der Waals surface area contributed by atoms with Crippen LogP contribution in [0.4, 0.5) is 17.2 Å². The van der Waals surface area contributed by atoms with Crippen LogP contribution in [0.3, 0.4) is 0 Å². The second-order valence-electron chi connectivity index (χ2n) is 5.98. The van der Waals surface area contributed by atoms with Crippen LogP contribution in [-0.4, -0.2) is 28.0 Å². The standard InChI is InChI=1S/C21H17N5O2/c1-28-16-9-7-15(8-10-16)25-21(27)18-12-19(24-13-23-18)26-17-6-2-4-14-5-3-11-22-20(14)17/h2-13H,1H3,(H,25,27)(H,23,24,26). The summed E-state index contributed by atoms with van der Waals surface area (Å²) in [5.74, 6) is 0.898. The number of ether oxygens (including phenoxy) is 1. The van der Waals surface area contributed by atoms with E-state index in [0.29, 0.717) is 11.5 Å². The van der Waals surface area contributed by atoms with Gasteiger partial charge in [0.25, 0.3) is 5.91 Å². The van der Waals surface area contributed by atoms with Crippen LogP contribution in [-0.2, 0) is 0 Å². The molecule has 0 aliphatic rings. The number of pyridine rings is 1. The molecule has 2 aromatic carbocycles. The number of nitrogens with one attached hydrogen (secondary N) is 2. The zero-order valence-electron chi connectivity index (χ0n) is 15.1. The average Bonchev–Trinajstić information content (AvgIpc) is 2.75. The zero-order chi connectivity index (χ0) is 19.3. The maximum absolute atomic E-state index is 12.5. The van der Waals surface area contributed by atoms with E-state index in [1.807, 2.05) is 30.3 Å². The molecule has 0 saturated carbocycles. The van der Waals surface area contributed by atoms with Gasteiger partial charge in [-0.3, -0.25) is 9.78 Å². The molecule has 4 aromatic rings. The Morgan fingerprint density at radius 3 is 2.61 bits per heavy atom. The molecule has 0 atom stereocenters. The maximum atomic E-state index is 12.5. The molecule has 7 nitrogen and oxygen atoms in total.